The number of nitrogens with zero attached hydrogens (tertiary/aromatic N) is 1. The van der Waals surface area contributed by atoms with Gasteiger partial charge in [-0.1, -0.05) is 0 Å². The Morgan fingerprint density at radius 3 is 3.00 bits per heavy atom. The Balaban J connectivity index is 1.95. The highest BCUT2D eigenvalue weighted by Crippen LogP contribution is 2.27. The molecule has 0 aliphatic carbocycles. The van der Waals surface area contributed by atoms with Crippen LogP contribution in [-0.2, 0) is 0 Å². The summed E-state index contributed by atoms with van der Waals surface area (Å²) in [5.74, 6) is 1.32. The van der Waals surface area contributed by atoms with E-state index in [1.807, 2.05) is 0 Å². The number of amides is 1. The summed E-state index contributed by atoms with van der Waals surface area (Å²) in [7, 11) is 0. The van der Waals surface area contributed by atoms with Crippen LogP contribution >= 0.6 is 0 Å². The summed E-state index contributed by atoms with van der Waals surface area (Å²) in [6.07, 6.45) is 1.51. The molecule has 2 unspecified atom stereocenters. The summed E-state index contributed by atoms with van der Waals surface area (Å²) >= 11 is 0. The molecule has 2 rings (SSSR count). The van der Waals surface area contributed by atoms with Gasteiger partial charge in [-0.15, -0.1) is 0 Å². The molecule has 4 nitrogen and oxygen atoms in total. The van der Waals surface area contributed by atoms with Crippen LogP contribution < -0.4 is 5.32 Å². The van der Waals surface area contributed by atoms with Crippen molar-refractivity contribution in [3.8, 4) is 0 Å². The zero-order chi connectivity index (χ0) is 9.26. The first-order valence-electron chi connectivity index (χ1n) is 4.96. The molecule has 0 bridgehead atoms. The number of likely N-dealkylation sites (tertiary alicyclic amines) is 1. The average molecular weight is 184 g/mol. The lowest BCUT2D eigenvalue weighted by Crippen LogP contribution is -2.49. The summed E-state index contributed by atoms with van der Waals surface area (Å²) in [5, 5.41) is 12.2. The van der Waals surface area contributed by atoms with Gasteiger partial charge in [0.25, 0.3) is 0 Å². The minimum Gasteiger partial charge on any atom is -0.465 e. The topological polar surface area (TPSA) is 52.6 Å². The molecule has 13 heavy (non-hydrogen) atoms. The van der Waals surface area contributed by atoms with E-state index in [0.717, 1.165) is 38.5 Å². The maximum atomic E-state index is 10.7. The summed E-state index contributed by atoms with van der Waals surface area (Å²) in [6, 6.07) is 0. The molecular weight excluding hydrogens is 168 g/mol. The molecule has 2 saturated heterocycles. The number of carbonyl (C=O) groups is 1. The van der Waals surface area contributed by atoms with Crippen molar-refractivity contribution >= 4 is 6.09 Å². The lowest BCUT2D eigenvalue weighted by Gasteiger charge is -2.40. The molecule has 2 fully saturated rings. The zero-order valence-corrected chi connectivity index (χ0v) is 7.70. The number of hydrogen-bond donors (Lipinski definition) is 2. The maximum absolute atomic E-state index is 10.7. The molecule has 4 heteroatoms. The van der Waals surface area contributed by atoms with Crippen molar-refractivity contribution in [2.75, 3.05) is 26.2 Å². The zero-order valence-electron chi connectivity index (χ0n) is 7.70. The van der Waals surface area contributed by atoms with Crippen LogP contribution in [0.2, 0.25) is 0 Å². The van der Waals surface area contributed by atoms with Gasteiger partial charge in [0, 0.05) is 13.1 Å². The van der Waals surface area contributed by atoms with Crippen molar-refractivity contribution in [3.05, 3.63) is 0 Å². The van der Waals surface area contributed by atoms with E-state index in [9.17, 15) is 4.79 Å². The molecular formula is C9H16N2O2. The number of rotatable bonds is 0. The number of fused-ring (bicyclic) bond motifs is 1. The molecule has 2 N–H and O–H groups in total. The van der Waals surface area contributed by atoms with E-state index in [1.54, 1.807) is 4.90 Å². The third kappa shape index (κ3) is 1.77. The summed E-state index contributed by atoms with van der Waals surface area (Å²) in [5.41, 5.74) is 0. The fourth-order valence-corrected chi connectivity index (χ4v) is 2.44. The van der Waals surface area contributed by atoms with Crippen LogP contribution in [-0.4, -0.2) is 42.3 Å². The molecule has 0 aromatic heterocycles. The highest BCUT2D eigenvalue weighted by molar-refractivity contribution is 5.65. The Kier molecular flexibility index (Phi) is 2.40. The van der Waals surface area contributed by atoms with Crippen molar-refractivity contribution < 1.29 is 9.90 Å². The fraction of sp³-hybridized carbons (Fsp3) is 0.889. The maximum Gasteiger partial charge on any atom is 0.407 e. The van der Waals surface area contributed by atoms with Gasteiger partial charge in [-0.3, -0.25) is 0 Å². The van der Waals surface area contributed by atoms with Gasteiger partial charge in [0.15, 0.2) is 0 Å². The molecule has 0 spiro atoms. The van der Waals surface area contributed by atoms with Gasteiger partial charge in [0.1, 0.15) is 0 Å². The molecule has 2 heterocycles. The summed E-state index contributed by atoms with van der Waals surface area (Å²) < 4.78 is 0. The second-order valence-electron chi connectivity index (χ2n) is 4.03. The Morgan fingerprint density at radius 1 is 1.38 bits per heavy atom. The van der Waals surface area contributed by atoms with E-state index >= 15 is 0 Å². The number of nitrogens with one attached hydrogen (secondary N) is 1. The molecule has 1 amide bonds. The SMILES string of the molecule is O=C(O)N1CCC2CCNCC2C1. The molecule has 0 saturated carbocycles. The normalized spacial score (nSPS) is 34.0. The molecule has 0 aromatic carbocycles. The molecule has 0 radical (unpaired) electrons. The molecule has 0 aromatic rings. The van der Waals surface area contributed by atoms with Crippen LogP contribution in [0, 0.1) is 11.8 Å². The smallest absolute Gasteiger partial charge is 0.407 e. The van der Waals surface area contributed by atoms with E-state index in [0.29, 0.717) is 5.92 Å². The summed E-state index contributed by atoms with van der Waals surface area (Å²) in [6.45, 7) is 3.56. The van der Waals surface area contributed by atoms with Crippen LogP contribution in [0.1, 0.15) is 12.8 Å². The van der Waals surface area contributed by atoms with Gasteiger partial charge < -0.3 is 15.3 Å². The fourth-order valence-electron chi connectivity index (χ4n) is 2.44. The highest BCUT2D eigenvalue weighted by atomic mass is 16.4. The third-order valence-corrected chi connectivity index (χ3v) is 3.26. The van der Waals surface area contributed by atoms with Crippen LogP contribution in [0.15, 0.2) is 0 Å². The quantitative estimate of drug-likeness (QED) is 0.579. The Hall–Kier alpha value is -0.770. The molecule has 2 aliphatic heterocycles. The van der Waals surface area contributed by atoms with Gasteiger partial charge in [0.05, 0.1) is 0 Å². The van der Waals surface area contributed by atoms with Crippen molar-refractivity contribution in [1.82, 2.24) is 10.2 Å². The van der Waals surface area contributed by atoms with E-state index in [2.05, 4.69) is 5.32 Å². The highest BCUT2D eigenvalue weighted by Gasteiger charge is 2.32. The summed E-state index contributed by atoms with van der Waals surface area (Å²) in [4.78, 5) is 12.3. The van der Waals surface area contributed by atoms with Crippen molar-refractivity contribution in [2.24, 2.45) is 11.8 Å². The van der Waals surface area contributed by atoms with Crippen LogP contribution in [0.5, 0.6) is 0 Å². The first-order valence-corrected chi connectivity index (χ1v) is 4.96. The van der Waals surface area contributed by atoms with Crippen LogP contribution in [0.4, 0.5) is 4.79 Å². The van der Waals surface area contributed by atoms with Gasteiger partial charge in [-0.2, -0.15) is 0 Å². The minimum atomic E-state index is -0.760. The van der Waals surface area contributed by atoms with Gasteiger partial charge >= 0.3 is 6.09 Å². The van der Waals surface area contributed by atoms with E-state index in [-0.39, 0.29) is 0 Å². The Morgan fingerprint density at radius 2 is 2.23 bits per heavy atom. The first kappa shape index (κ1) is 8.81. The second-order valence-corrected chi connectivity index (χ2v) is 4.03. The van der Waals surface area contributed by atoms with E-state index in [4.69, 9.17) is 5.11 Å². The van der Waals surface area contributed by atoms with E-state index < -0.39 is 6.09 Å². The number of hydrogen-bond acceptors (Lipinski definition) is 2. The molecule has 2 aliphatic rings. The molecule has 74 valence electrons. The third-order valence-electron chi connectivity index (χ3n) is 3.26. The van der Waals surface area contributed by atoms with Crippen molar-refractivity contribution in [2.45, 2.75) is 12.8 Å². The first-order chi connectivity index (χ1) is 6.27. The average Bonchev–Trinajstić information content (AvgIpc) is 2.17. The van der Waals surface area contributed by atoms with Gasteiger partial charge in [-0.05, 0) is 37.8 Å². The van der Waals surface area contributed by atoms with Gasteiger partial charge in [0.2, 0.25) is 0 Å². The van der Waals surface area contributed by atoms with Crippen molar-refractivity contribution in [3.63, 3.8) is 0 Å². The lowest BCUT2D eigenvalue weighted by molar-refractivity contribution is 0.0835. The Bertz CT molecular complexity index is 208. The van der Waals surface area contributed by atoms with Crippen molar-refractivity contribution in [1.29, 1.82) is 0 Å². The molecule has 2 atom stereocenters. The number of piperidine rings is 2. The monoisotopic (exact) mass is 184 g/mol. The number of carboxylic acid groups (broad SMARTS) is 1. The van der Waals surface area contributed by atoms with Crippen LogP contribution in [0.25, 0.3) is 0 Å². The predicted molar refractivity (Wildman–Crippen MR) is 48.7 cm³/mol. The largest absolute Gasteiger partial charge is 0.465 e. The lowest BCUT2D eigenvalue weighted by atomic mass is 9.81. The van der Waals surface area contributed by atoms with E-state index in [1.165, 1.54) is 6.42 Å². The van der Waals surface area contributed by atoms with Crippen LogP contribution in [0.3, 0.4) is 0 Å². The Labute approximate surface area is 77.9 Å². The standard InChI is InChI=1S/C9H16N2O2/c12-9(13)11-4-2-7-1-3-10-5-8(7)6-11/h7-8,10H,1-6H2,(H,12,13). The second kappa shape index (κ2) is 3.54. The predicted octanol–water partition coefficient (Wildman–Crippen LogP) is 0.596. The van der Waals surface area contributed by atoms with Gasteiger partial charge in [-0.25, -0.2) is 4.79 Å². The minimum absolute atomic E-state index is 0.554.